The number of fused-ring (bicyclic) bond motifs is 1. The summed E-state index contributed by atoms with van der Waals surface area (Å²) in [6.07, 6.45) is 0. The van der Waals surface area contributed by atoms with Gasteiger partial charge in [0, 0.05) is 5.39 Å². The lowest BCUT2D eigenvalue weighted by Gasteiger charge is -2.14. The van der Waals surface area contributed by atoms with E-state index in [0.717, 1.165) is 10.8 Å². The van der Waals surface area contributed by atoms with Crippen LogP contribution in [0.1, 0.15) is 22.3 Å². The van der Waals surface area contributed by atoms with Gasteiger partial charge in [0.1, 0.15) is 5.75 Å². The number of aryl methyl sites for hydroxylation is 2. The summed E-state index contributed by atoms with van der Waals surface area (Å²) in [5, 5.41) is 12.1. The molecule has 0 aliphatic heterocycles. The van der Waals surface area contributed by atoms with Crippen LogP contribution in [-0.4, -0.2) is 5.11 Å². The number of benzene rings is 2. The molecule has 0 amide bonds. The Hall–Kier alpha value is -1.50. The van der Waals surface area contributed by atoms with Crippen molar-refractivity contribution in [3.63, 3.8) is 0 Å². The maximum absolute atomic E-state index is 9.89. The molecule has 0 spiro atoms. The quantitative estimate of drug-likeness (QED) is 0.686. The highest BCUT2D eigenvalue weighted by Crippen LogP contribution is 2.34. The predicted molar refractivity (Wildman–Crippen MR) is 64.6 cm³/mol. The first kappa shape index (κ1) is 10.0. The van der Waals surface area contributed by atoms with Gasteiger partial charge < -0.3 is 5.11 Å². The maximum atomic E-state index is 9.89. The number of aromatic hydroxyl groups is 1. The molecule has 2 rings (SSSR count). The van der Waals surface area contributed by atoms with Gasteiger partial charge >= 0.3 is 0 Å². The van der Waals surface area contributed by atoms with Gasteiger partial charge in [-0.15, -0.1) is 0 Å². The molecule has 0 aliphatic rings. The van der Waals surface area contributed by atoms with E-state index >= 15 is 0 Å². The average Bonchev–Trinajstić information content (AvgIpc) is 2.23. The number of phenols is 1. The van der Waals surface area contributed by atoms with Crippen molar-refractivity contribution in [1.29, 1.82) is 0 Å². The van der Waals surface area contributed by atoms with E-state index in [1.165, 1.54) is 22.3 Å². The minimum atomic E-state index is 0.385. The summed E-state index contributed by atoms with van der Waals surface area (Å²) in [5.74, 6) is 0.385. The molecule has 1 N–H and O–H groups in total. The second-order valence-corrected chi connectivity index (χ2v) is 4.20. The van der Waals surface area contributed by atoms with E-state index in [0.29, 0.717) is 5.75 Å². The lowest BCUT2D eigenvalue weighted by molar-refractivity contribution is 0.481. The Balaban J connectivity index is 3.08. The summed E-state index contributed by atoms with van der Waals surface area (Å²) in [7, 11) is 0. The highest BCUT2D eigenvalue weighted by Gasteiger charge is 2.10. The van der Waals surface area contributed by atoms with Crippen molar-refractivity contribution in [3.8, 4) is 5.75 Å². The van der Waals surface area contributed by atoms with Crippen LogP contribution in [0.5, 0.6) is 5.75 Å². The summed E-state index contributed by atoms with van der Waals surface area (Å²) in [6, 6.07) is 5.73. The first-order valence-electron chi connectivity index (χ1n) is 5.22. The van der Waals surface area contributed by atoms with Crippen LogP contribution in [0, 0.1) is 27.7 Å². The first-order chi connectivity index (χ1) is 7.04. The molecule has 0 fully saturated rings. The van der Waals surface area contributed by atoms with Crippen molar-refractivity contribution in [3.05, 3.63) is 40.5 Å². The predicted octanol–water partition coefficient (Wildman–Crippen LogP) is 3.78. The van der Waals surface area contributed by atoms with Gasteiger partial charge in [-0.2, -0.15) is 0 Å². The molecular weight excluding hydrogens is 184 g/mol. The lowest BCUT2D eigenvalue weighted by Crippen LogP contribution is -1.93. The minimum Gasteiger partial charge on any atom is -0.507 e. The summed E-state index contributed by atoms with van der Waals surface area (Å²) in [4.78, 5) is 0. The monoisotopic (exact) mass is 200 g/mol. The van der Waals surface area contributed by atoms with Crippen LogP contribution >= 0.6 is 0 Å². The third kappa shape index (κ3) is 1.30. The zero-order valence-electron chi connectivity index (χ0n) is 9.68. The summed E-state index contributed by atoms with van der Waals surface area (Å²) >= 11 is 0. The lowest BCUT2D eigenvalue weighted by atomic mass is 9.91. The van der Waals surface area contributed by atoms with Crippen molar-refractivity contribution < 1.29 is 5.11 Å². The topological polar surface area (TPSA) is 20.2 Å². The molecule has 0 saturated heterocycles. The van der Waals surface area contributed by atoms with Crippen molar-refractivity contribution in [2.75, 3.05) is 0 Å². The van der Waals surface area contributed by atoms with Gasteiger partial charge in [0.2, 0.25) is 0 Å². The van der Waals surface area contributed by atoms with Crippen LogP contribution in [0.4, 0.5) is 0 Å². The average molecular weight is 200 g/mol. The summed E-state index contributed by atoms with van der Waals surface area (Å²) in [6.45, 7) is 8.44. The van der Waals surface area contributed by atoms with Crippen LogP contribution in [0.3, 0.4) is 0 Å². The van der Waals surface area contributed by atoms with E-state index < -0.39 is 0 Å². The van der Waals surface area contributed by atoms with Gasteiger partial charge in [-0.1, -0.05) is 12.1 Å². The Bertz CT molecular complexity index is 539. The molecule has 78 valence electrons. The molecule has 0 radical (unpaired) electrons. The molecule has 0 heterocycles. The first-order valence-corrected chi connectivity index (χ1v) is 5.22. The van der Waals surface area contributed by atoms with E-state index in [4.69, 9.17) is 0 Å². The van der Waals surface area contributed by atoms with E-state index in [9.17, 15) is 5.11 Å². The zero-order chi connectivity index (χ0) is 11.2. The van der Waals surface area contributed by atoms with Gasteiger partial charge in [0.25, 0.3) is 0 Å². The van der Waals surface area contributed by atoms with Crippen LogP contribution in [-0.2, 0) is 0 Å². The molecular formula is C14H16O. The van der Waals surface area contributed by atoms with Crippen LogP contribution < -0.4 is 0 Å². The van der Waals surface area contributed by atoms with Gasteiger partial charge in [-0.3, -0.25) is 0 Å². The molecule has 0 aromatic heterocycles. The SMILES string of the molecule is Cc1c(C)c(C)c2c(O)cccc2c1C. The van der Waals surface area contributed by atoms with Crippen LogP contribution in [0.15, 0.2) is 18.2 Å². The molecule has 0 unspecified atom stereocenters. The second-order valence-electron chi connectivity index (χ2n) is 4.20. The highest BCUT2D eigenvalue weighted by atomic mass is 16.3. The molecule has 2 aromatic carbocycles. The Morgan fingerprint density at radius 3 is 2.07 bits per heavy atom. The van der Waals surface area contributed by atoms with Gasteiger partial charge in [0.15, 0.2) is 0 Å². The Labute approximate surface area is 90.4 Å². The summed E-state index contributed by atoms with van der Waals surface area (Å²) < 4.78 is 0. The fraction of sp³-hybridized carbons (Fsp3) is 0.286. The van der Waals surface area contributed by atoms with Gasteiger partial charge in [0.05, 0.1) is 0 Å². The van der Waals surface area contributed by atoms with Crippen LogP contribution in [0.25, 0.3) is 10.8 Å². The third-order valence-electron chi connectivity index (χ3n) is 3.51. The highest BCUT2D eigenvalue weighted by molar-refractivity contribution is 5.95. The molecule has 0 aliphatic carbocycles. The molecule has 0 saturated carbocycles. The van der Waals surface area contributed by atoms with E-state index in [1.807, 2.05) is 6.07 Å². The van der Waals surface area contributed by atoms with Gasteiger partial charge in [-0.05, 0) is 61.4 Å². The largest absolute Gasteiger partial charge is 0.507 e. The standard InChI is InChI=1S/C14H16O/c1-8-9(2)11(4)14-12(10(8)3)6-5-7-13(14)15/h5-7,15H,1-4H3. The Kier molecular flexibility index (Phi) is 2.18. The fourth-order valence-corrected chi connectivity index (χ4v) is 2.20. The molecule has 15 heavy (non-hydrogen) atoms. The Morgan fingerprint density at radius 1 is 0.800 bits per heavy atom. The zero-order valence-corrected chi connectivity index (χ0v) is 9.68. The second kappa shape index (κ2) is 3.27. The Morgan fingerprint density at radius 2 is 1.40 bits per heavy atom. The number of hydrogen-bond acceptors (Lipinski definition) is 1. The third-order valence-corrected chi connectivity index (χ3v) is 3.51. The maximum Gasteiger partial charge on any atom is 0.123 e. The van der Waals surface area contributed by atoms with Crippen molar-refractivity contribution in [1.82, 2.24) is 0 Å². The van der Waals surface area contributed by atoms with Crippen molar-refractivity contribution in [2.24, 2.45) is 0 Å². The van der Waals surface area contributed by atoms with Crippen LogP contribution in [0.2, 0.25) is 0 Å². The van der Waals surface area contributed by atoms with Crippen molar-refractivity contribution in [2.45, 2.75) is 27.7 Å². The minimum absolute atomic E-state index is 0.385. The van der Waals surface area contributed by atoms with Gasteiger partial charge in [-0.25, -0.2) is 0 Å². The van der Waals surface area contributed by atoms with E-state index in [-0.39, 0.29) is 0 Å². The normalized spacial score (nSPS) is 10.9. The fourth-order valence-electron chi connectivity index (χ4n) is 2.20. The van der Waals surface area contributed by atoms with E-state index in [2.05, 4.69) is 33.8 Å². The number of rotatable bonds is 0. The molecule has 2 aromatic rings. The molecule has 1 heteroatoms. The number of hydrogen-bond donors (Lipinski definition) is 1. The molecule has 0 bridgehead atoms. The number of phenolic OH excluding ortho intramolecular Hbond substituents is 1. The van der Waals surface area contributed by atoms with Crippen molar-refractivity contribution >= 4 is 10.8 Å². The molecule has 0 atom stereocenters. The smallest absolute Gasteiger partial charge is 0.123 e. The van der Waals surface area contributed by atoms with E-state index in [1.54, 1.807) is 6.07 Å². The molecule has 1 nitrogen and oxygen atoms in total. The summed E-state index contributed by atoms with van der Waals surface area (Å²) in [5.41, 5.74) is 5.06.